The van der Waals surface area contributed by atoms with Crippen molar-refractivity contribution < 1.29 is 4.79 Å². The second-order valence-corrected chi connectivity index (χ2v) is 7.31. The molecule has 1 aliphatic carbocycles. The summed E-state index contributed by atoms with van der Waals surface area (Å²) in [5.74, 6) is 0.849. The minimum absolute atomic E-state index is 0.137. The van der Waals surface area contributed by atoms with E-state index in [0.717, 1.165) is 37.5 Å². The Kier molecular flexibility index (Phi) is 5.25. The third-order valence-electron chi connectivity index (χ3n) is 4.58. The zero-order valence-electron chi connectivity index (χ0n) is 12.6. The molecule has 0 bridgehead atoms. The fraction of sp³-hybridized carbons (Fsp3) is 0.750. The molecule has 116 valence electrons. The van der Waals surface area contributed by atoms with Crippen LogP contribution in [0, 0.1) is 5.92 Å². The fourth-order valence-electron chi connectivity index (χ4n) is 3.27. The van der Waals surface area contributed by atoms with Gasteiger partial charge < -0.3 is 10.6 Å². The van der Waals surface area contributed by atoms with Crippen molar-refractivity contribution in [3.8, 4) is 0 Å². The summed E-state index contributed by atoms with van der Waals surface area (Å²) in [4.78, 5) is 18.1. The summed E-state index contributed by atoms with van der Waals surface area (Å²) in [6, 6.07) is 0. The molecule has 0 atom stereocenters. The number of hydrogen-bond acceptors (Lipinski definition) is 4. The highest BCUT2D eigenvalue weighted by Gasteiger charge is 2.17. The summed E-state index contributed by atoms with van der Waals surface area (Å²) in [6.45, 7) is 2.21. The highest BCUT2D eigenvalue weighted by atomic mass is 32.1. The topological polar surface area (TPSA) is 54.0 Å². The Morgan fingerprint density at radius 3 is 2.90 bits per heavy atom. The molecule has 2 N–H and O–H groups in total. The van der Waals surface area contributed by atoms with Gasteiger partial charge in [0.05, 0.1) is 5.69 Å². The van der Waals surface area contributed by atoms with E-state index < -0.39 is 0 Å². The van der Waals surface area contributed by atoms with Gasteiger partial charge >= 0.3 is 0 Å². The maximum Gasteiger partial charge on any atom is 0.226 e. The number of piperidine rings is 1. The second kappa shape index (κ2) is 7.36. The van der Waals surface area contributed by atoms with E-state index in [2.05, 4.69) is 15.6 Å². The standard InChI is InChI=1S/C16H25N3OS/c20-15(7-6-12-8-10-17-11-9-12)19-16-18-13-4-2-1-3-5-14(13)21-16/h12,17H,1-11H2,(H,18,19,20). The average molecular weight is 307 g/mol. The number of nitrogens with one attached hydrogen (secondary N) is 2. The predicted molar refractivity (Wildman–Crippen MR) is 86.8 cm³/mol. The van der Waals surface area contributed by atoms with Crippen LogP contribution in [0.25, 0.3) is 0 Å². The maximum absolute atomic E-state index is 12.1. The van der Waals surface area contributed by atoms with E-state index in [0.29, 0.717) is 12.3 Å². The van der Waals surface area contributed by atoms with Gasteiger partial charge in [0.25, 0.3) is 0 Å². The Hall–Kier alpha value is -0.940. The number of nitrogens with zero attached hydrogens (tertiary/aromatic N) is 1. The number of amides is 1. The van der Waals surface area contributed by atoms with Crippen LogP contribution in [-0.4, -0.2) is 24.0 Å². The molecular weight excluding hydrogens is 282 g/mol. The van der Waals surface area contributed by atoms with Gasteiger partial charge in [-0.1, -0.05) is 6.42 Å². The van der Waals surface area contributed by atoms with Crippen molar-refractivity contribution in [3.63, 3.8) is 0 Å². The summed E-state index contributed by atoms with van der Waals surface area (Å²) in [5.41, 5.74) is 1.23. The van der Waals surface area contributed by atoms with Crippen molar-refractivity contribution in [2.45, 2.75) is 57.8 Å². The molecule has 4 nitrogen and oxygen atoms in total. The van der Waals surface area contributed by atoms with Crippen LogP contribution in [0.1, 0.15) is 55.5 Å². The zero-order valence-corrected chi connectivity index (χ0v) is 13.4. The predicted octanol–water partition coefficient (Wildman–Crippen LogP) is 3.13. The van der Waals surface area contributed by atoms with E-state index in [1.165, 1.54) is 42.7 Å². The molecule has 1 amide bonds. The molecule has 1 saturated heterocycles. The molecule has 0 aromatic carbocycles. The normalized spacial score (nSPS) is 19.8. The molecule has 21 heavy (non-hydrogen) atoms. The third-order valence-corrected chi connectivity index (χ3v) is 5.65. The molecule has 0 unspecified atom stereocenters. The van der Waals surface area contributed by atoms with Crippen molar-refractivity contribution >= 4 is 22.4 Å². The van der Waals surface area contributed by atoms with Gasteiger partial charge in [-0.2, -0.15) is 0 Å². The Bertz CT molecular complexity index is 456. The molecule has 2 aliphatic rings. The zero-order chi connectivity index (χ0) is 14.5. The molecular formula is C16H25N3OS. The average Bonchev–Trinajstić information content (AvgIpc) is 2.75. The lowest BCUT2D eigenvalue weighted by Gasteiger charge is -2.21. The Balaban J connectivity index is 1.48. The first kappa shape index (κ1) is 15.0. The number of anilines is 1. The van der Waals surface area contributed by atoms with Crippen molar-refractivity contribution in [1.82, 2.24) is 10.3 Å². The maximum atomic E-state index is 12.1. The first-order chi connectivity index (χ1) is 10.3. The Morgan fingerprint density at radius 2 is 2.05 bits per heavy atom. The van der Waals surface area contributed by atoms with Crippen LogP contribution >= 0.6 is 11.3 Å². The number of aryl methyl sites for hydroxylation is 2. The van der Waals surface area contributed by atoms with Gasteiger partial charge in [-0.3, -0.25) is 4.79 Å². The van der Waals surface area contributed by atoms with Gasteiger partial charge in [-0.15, -0.1) is 11.3 Å². The third kappa shape index (κ3) is 4.27. The molecule has 5 heteroatoms. The molecule has 1 aromatic heterocycles. The summed E-state index contributed by atoms with van der Waals surface area (Å²) < 4.78 is 0. The van der Waals surface area contributed by atoms with Crippen LogP contribution in [0.5, 0.6) is 0 Å². The SMILES string of the molecule is O=C(CCC1CCNCC1)Nc1nc2c(s1)CCCCC2. The largest absolute Gasteiger partial charge is 0.317 e. The minimum atomic E-state index is 0.137. The lowest BCUT2D eigenvalue weighted by atomic mass is 9.93. The number of hydrogen-bond donors (Lipinski definition) is 2. The van der Waals surface area contributed by atoms with Crippen molar-refractivity contribution in [2.24, 2.45) is 5.92 Å². The monoisotopic (exact) mass is 307 g/mol. The highest BCUT2D eigenvalue weighted by molar-refractivity contribution is 7.15. The molecule has 3 rings (SSSR count). The van der Waals surface area contributed by atoms with E-state index in [1.807, 2.05) is 0 Å². The fourth-order valence-corrected chi connectivity index (χ4v) is 4.34. The van der Waals surface area contributed by atoms with Gasteiger partial charge in [-0.05, 0) is 64.0 Å². The number of aromatic nitrogens is 1. The van der Waals surface area contributed by atoms with Crippen LogP contribution in [-0.2, 0) is 17.6 Å². The number of carbonyl (C=O) groups is 1. The molecule has 1 aliphatic heterocycles. The molecule has 0 saturated carbocycles. The van der Waals surface area contributed by atoms with Crippen LogP contribution < -0.4 is 10.6 Å². The van der Waals surface area contributed by atoms with E-state index in [-0.39, 0.29) is 5.91 Å². The lowest BCUT2D eigenvalue weighted by Crippen LogP contribution is -2.28. The lowest BCUT2D eigenvalue weighted by molar-refractivity contribution is -0.116. The smallest absolute Gasteiger partial charge is 0.226 e. The van der Waals surface area contributed by atoms with Crippen LogP contribution in [0.15, 0.2) is 0 Å². The van der Waals surface area contributed by atoms with Gasteiger partial charge in [0, 0.05) is 11.3 Å². The first-order valence-electron chi connectivity index (χ1n) is 8.30. The molecule has 1 aromatic rings. The summed E-state index contributed by atoms with van der Waals surface area (Å²) in [7, 11) is 0. The first-order valence-corrected chi connectivity index (χ1v) is 9.12. The van der Waals surface area contributed by atoms with Gasteiger partial charge in [0.1, 0.15) is 0 Å². The van der Waals surface area contributed by atoms with E-state index in [4.69, 9.17) is 0 Å². The molecule has 0 radical (unpaired) electrons. The minimum Gasteiger partial charge on any atom is -0.317 e. The molecule has 1 fully saturated rings. The van der Waals surface area contributed by atoms with Gasteiger partial charge in [-0.25, -0.2) is 4.98 Å². The second-order valence-electron chi connectivity index (χ2n) is 6.23. The summed E-state index contributed by atoms with van der Waals surface area (Å²) in [6.07, 6.45) is 10.1. The van der Waals surface area contributed by atoms with Crippen LogP contribution in [0.4, 0.5) is 5.13 Å². The number of thiazole rings is 1. The quantitative estimate of drug-likeness (QED) is 0.840. The van der Waals surface area contributed by atoms with E-state index in [9.17, 15) is 4.79 Å². The van der Waals surface area contributed by atoms with Gasteiger partial charge in [0.15, 0.2) is 5.13 Å². The Morgan fingerprint density at radius 1 is 1.24 bits per heavy atom. The summed E-state index contributed by atoms with van der Waals surface area (Å²) >= 11 is 1.69. The molecule has 0 spiro atoms. The van der Waals surface area contributed by atoms with Crippen molar-refractivity contribution in [2.75, 3.05) is 18.4 Å². The van der Waals surface area contributed by atoms with Gasteiger partial charge in [0.2, 0.25) is 5.91 Å². The van der Waals surface area contributed by atoms with Crippen molar-refractivity contribution in [1.29, 1.82) is 0 Å². The molecule has 2 heterocycles. The Labute approximate surface area is 130 Å². The highest BCUT2D eigenvalue weighted by Crippen LogP contribution is 2.29. The number of carbonyl (C=O) groups excluding carboxylic acids is 1. The summed E-state index contributed by atoms with van der Waals surface area (Å²) in [5, 5.41) is 7.19. The number of fused-ring (bicyclic) bond motifs is 1. The van der Waals surface area contributed by atoms with Crippen LogP contribution in [0.3, 0.4) is 0 Å². The number of rotatable bonds is 4. The van der Waals surface area contributed by atoms with Crippen molar-refractivity contribution in [3.05, 3.63) is 10.6 Å². The van der Waals surface area contributed by atoms with E-state index in [1.54, 1.807) is 11.3 Å². The van der Waals surface area contributed by atoms with E-state index >= 15 is 0 Å². The van der Waals surface area contributed by atoms with Crippen LogP contribution in [0.2, 0.25) is 0 Å².